The number of methoxy groups -OCH3 is 1. The Hall–Kier alpha value is -1.86. The van der Waals surface area contributed by atoms with Crippen LogP contribution in [0.3, 0.4) is 0 Å². The summed E-state index contributed by atoms with van der Waals surface area (Å²) < 4.78 is 36.7. The Kier molecular flexibility index (Phi) is 7.94. The van der Waals surface area contributed by atoms with E-state index >= 15 is 0 Å². The second-order valence-corrected chi connectivity index (χ2v) is 7.58. The number of rotatable bonds is 8. The Morgan fingerprint density at radius 1 is 1.25 bits per heavy atom. The molecule has 6 nitrogen and oxygen atoms in total. The lowest BCUT2D eigenvalue weighted by molar-refractivity contribution is 0.0817. The third kappa shape index (κ3) is 7.14. The molecule has 1 unspecified atom stereocenters. The molecule has 1 rings (SSSR count). The minimum Gasteiger partial charge on any atom is -0.438 e. The van der Waals surface area contributed by atoms with Crippen LogP contribution in [0.25, 0.3) is 0 Å². The molecule has 0 heterocycles. The summed E-state index contributed by atoms with van der Waals surface area (Å²) in [6, 6.07) is 6.28. The number of nitrogens with one attached hydrogen (secondary N) is 1. The molecule has 1 aromatic rings. The van der Waals surface area contributed by atoms with E-state index in [4.69, 9.17) is 4.74 Å². The van der Waals surface area contributed by atoms with Gasteiger partial charge < -0.3 is 9.47 Å². The number of benzene rings is 1. The number of hydrogen-bond donors (Lipinski definition) is 1. The highest BCUT2D eigenvalue weighted by Gasteiger charge is 2.19. The minimum absolute atomic E-state index is 0.0214. The maximum absolute atomic E-state index is 12.5. The number of carbonyl (C=O) groups is 1. The second-order valence-electron chi connectivity index (χ2n) is 5.86. The third-order valence-corrected chi connectivity index (χ3v) is 4.70. The maximum Gasteiger partial charge on any atom is 0.508 e. The Labute approximate surface area is 143 Å². The second kappa shape index (κ2) is 9.44. The lowest BCUT2D eigenvalue weighted by atomic mass is 10.0. The summed E-state index contributed by atoms with van der Waals surface area (Å²) in [5, 5.41) is 0. The molecule has 0 aromatic heterocycles. The van der Waals surface area contributed by atoms with Crippen LogP contribution in [-0.2, 0) is 19.5 Å². The molecule has 0 aliphatic rings. The average Bonchev–Trinajstić information content (AvgIpc) is 2.50. The Bertz CT molecular complexity index is 650. The van der Waals surface area contributed by atoms with Gasteiger partial charge in [-0.25, -0.2) is 17.9 Å². The molecule has 0 amide bonds. The van der Waals surface area contributed by atoms with Crippen molar-refractivity contribution in [2.75, 3.05) is 13.7 Å². The van der Waals surface area contributed by atoms with Gasteiger partial charge in [-0.15, -0.1) is 0 Å². The molecular weight excluding hydrogens is 330 g/mol. The van der Waals surface area contributed by atoms with Crippen LogP contribution >= 0.6 is 0 Å². The van der Waals surface area contributed by atoms with Gasteiger partial charge >= 0.3 is 6.16 Å². The summed E-state index contributed by atoms with van der Waals surface area (Å²) in [6.45, 7) is 5.93. The van der Waals surface area contributed by atoms with Gasteiger partial charge in [0.05, 0.1) is 12.0 Å². The van der Waals surface area contributed by atoms with Crippen LogP contribution in [0, 0.1) is 12.8 Å². The Morgan fingerprint density at radius 3 is 2.42 bits per heavy atom. The summed E-state index contributed by atoms with van der Waals surface area (Å²) in [7, 11) is -2.39. The van der Waals surface area contributed by atoms with Crippen LogP contribution in [0.1, 0.15) is 25.8 Å². The van der Waals surface area contributed by atoms with E-state index in [2.05, 4.69) is 9.46 Å². The lowest BCUT2D eigenvalue weighted by Crippen LogP contribution is -2.34. The fourth-order valence-electron chi connectivity index (χ4n) is 2.05. The van der Waals surface area contributed by atoms with Crippen molar-refractivity contribution in [1.82, 2.24) is 4.72 Å². The van der Waals surface area contributed by atoms with E-state index in [-0.39, 0.29) is 11.5 Å². The molecule has 24 heavy (non-hydrogen) atoms. The highest BCUT2D eigenvalue weighted by Crippen LogP contribution is 2.13. The van der Waals surface area contributed by atoms with Crippen LogP contribution < -0.4 is 4.72 Å². The van der Waals surface area contributed by atoms with Gasteiger partial charge in [-0.1, -0.05) is 37.6 Å². The monoisotopic (exact) mass is 355 g/mol. The molecule has 0 saturated carbocycles. The zero-order valence-electron chi connectivity index (χ0n) is 14.5. The van der Waals surface area contributed by atoms with Crippen LogP contribution in [0.15, 0.2) is 41.3 Å². The van der Waals surface area contributed by atoms with Crippen LogP contribution in [0.5, 0.6) is 0 Å². The van der Waals surface area contributed by atoms with E-state index in [1.165, 1.54) is 7.11 Å². The van der Waals surface area contributed by atoms with E-state index in [1.807, 2.05) is 20.8 Å². The molecule has 1 atom stereocenters. The highest BCUT2D eigenvalue weighted by atomic mass is 32.2. The number of aryl methyl sites for hydroxylation is 1. The molecular formula is C17H25NO5S. The molecule has 0 radical (unpaired) electrons. The predicted octanol–water partition coefficient (Wildman–Crippen LogP) is 3.03. The van der Waals surface area contributed by atoms with E-state index in [0.717, 1.165) is 5.56 Å². The normalized spacial score (nSPS) is 13.2. The minimum atomic E-state index is -3.61. The van der Waals surface area contributed by atoms with Gasteiger partial charge in [0.25, 0.3) is 0 Å². The predicted molar refractivity (Wildman–Crippen MR) is 92.2 cm³/mol. The molecule has 7 heteroatoms. The summed E-state index contributed by atoms with van der Waals surface area (Å²) in [4.78, 5) is 11.1. The van der Waals surface area contributed by atoms with E-state index in [1.54, 1.807) is 36.4 Å². The quantitative estimate of drug-likeness (QED) is 0.572. The van der Waals surface area contributed by atoms with Gasteiger partial charge in [-0.2, -0.15) is 0 Å². The van der Waals surface area contributed by atoms with Crippen molar-refractivity contribution in [3.63, 3.8) is 0 Å². The van der Waals surface area contributed by atoms with E-state index < -0.39 is 22.2 Å². The van der Waals surface area contributed by atoms with Crippen molar-refractivity contribution in [3.05, 3.63) is 42.0 Å². The SMILES string of the molecule is COC(=O)OC/C=C/C(CC(C)C)NS(=O)(=O)c1ccc(C)cc1. The van der Waals surface area contributed by atoms with Crippen LogP contribution in [0.4, 0.5) is 4.79 Å². The Balaban J connectivity index is 2.79. The fourth-order valence-corrected chi connectivity index (χ4v) is 3.26. The molecule has 0 saturated heterocycles. The smallest absolute Gasteiger partial charge is 0.438 e. The first-order valence-corrected chi connectivity index (χ1v) is 9.19. The van der Waals surface area contributed by atoms with Crippen molar-refractivity contribution >= 4 is 16.2 Å². The number of ether oxygens (including phenoxy) is 2. The van der Waals surface area contributed by atoms with E-state index in [0.29, 0.717) is 12.3 Å². The summed E-state index contributed by atoms with van der Waals surface area (Å²) in [5.74, 6) is 0.293. The van der Waals surface area contributed by atoms with E-state index in [9.17, 15) is 13.2 Å². The van der Waals surface area contributed by atoms with Gasteiger partial charge in [0.1, 0.15) is 6.61 Å². The van der Waals surface area contributed by atoms with Crippen molar-refractivity contribution in [3.8, 4) is 0 Å². The molecule has 1 aromatic carbocycles. The largest absolute Gasteiger partial charge is 0.508 e. The summed E-state index contributed by atoms with van der Waals surface area (Å²) in [6.07, 6.45) is 3.14. The highest BCUT2D eigenvalue weighted by molar-refractivity contribution is 7.89. The van der Waals surface area contributed by atoms with Crippen molar-refractivity contribution < 1.29 is 22.7 Å². The molecule has 1 N–H and O–H groups in total. The summed E-state index contributed by atoms with van der Waals surface area (Å²) in [5.41, 5.74) is 0.993. The van der Waals surface area contributed by atoms with Crippen LogP contribution in [-0.4, -0.2) is 34.3 Å². The molecule has 0 fully saturated rings. The zero-order valence-corrected chi connectivity index (χ0v) is 15.3. The average molecular weight is 355 g/mol. The van der Waals surface area contributed by atoms with Crippen molar-refractivity contribution in [2.24, 2.45) is 5.92 Å². The van der Waals surface area contributed by atoms with Gasteiger partial charge in [-0.05, 0) is 37.5 Å². The zero-order chi connectivity index (χ0) is 18.2. The molecule has 0 aliphatic heterocycles. The fraction of sp³-hybridized carbons (Fsp3) is 0.471. The van der Waals surface area contributed by atoms with Gasteiger partial charge in [0.2, 0.25) is 10.0 Å². The number of sulfonamides is 1. The summed E-state index contributed by atoms with van der Waals surface area (Å²) >= 11 is 0. The third-order valence-electron chi connectivity index (χ3n) is 3.20. The van der Waals surface area contributed by atoms with Gasteiger partial charge in [0, 0.05) is 6.04 Å². The molecule has 0 aliphatic carbocycles. The molecule has 134 valence electrons. The first-order chi connectivity index (χ1) is 11.2. The molecule has 0 spiro atoms. The first kappa shape index (κ1) is 20.2. The molecule has 0 bridgehead atoms. The number of hydrogen-bond acceptors (Lipinski definition) is 5. The standard InChI is InChI=1S/C17H25NO5S/c1-13(2)12-15(6-5-11-23-17(19)22-4)18-24(20,21)16-9-7-14(3)8-10-16/h5-10,13,15,18H,11-12H2,1-4H3/b6-5+. The number of carbonyl (C=O) groups excluding carboxylic acids is 1. The van der Waals surface area contributed by atoms with Crippen molar-refractivity contribution in [1.29, 1.82) is 0 Å². The topological polar surface area (TPSA) is 81.7 Å². The first-order valence-electron chi connectivity index (χ1n) is 7.71. The lowest BCUT2D eigenvalue weighted by Gasteiger charge is -2.17. The van der Waals surface area contributed by atoms with Crippen LogP contribution in [0.2, 0.25) is 0 Å². The van der Waals surface area contributed by atoms with Gasteiger partial charge in [0.15, 0.2) is 0 Å². The maximum atomic E-state index is 12.5. The van der Waals surface area contributed by atoms with Crippen molar-refractivity contribution in [2.45, 2.75) is 38.1 Å². The Morgan fingerprint density at radius 2 is 1.88 bits per heavy atom. The van der Waals surface area contributed by atoms with Gasteiger partial charge in [-0.3, -0.25) is 0 Å².